The predicted octanol–water partition coefficient (Wildman–Crippen LogP) is 4.61. The van der Waals surface area contributed by atoms with Gasteiger partial charge in [-0.15, -0.1) is 0 Å². The van der Waals surface area contributed by atoms with E-state index < -0.39 is 0 Å². The zero-order chi connectivity index (χ0) is 17.5. The highest BCUT2D eigenvalue weighted by atomic mass is 79.9. The number of nitrogens with one attached hydrogen (secondary N) is 1. The monoisotopic (exact) mass is 394 g/mol. The normalized spacial score (nSPS) is 12.1. The maximum absolute atomic E-state index is 4.68. The molecule has 0 saturated heterocycles. The molecule has 0 atom stereocenters. The molecule has 3 aromatic rings. The molecule has 25 heavy (non-hydrogen) atoms. The molecule has 5 heteroatoms. The first-order valence-corrected chi connectivity index (χ1v) is 8.76. The highest BCUT2D eigenvalue weighted by molar-refractivity contribution is 9.10. The highest BCUT2D eigenvalue weighted by Crippen LogP contribution is 2.21. The largest absolute Gasteiger partial charge is 0.301 e. The van der Waals surface area contributed by atoms with Gasteiger partial charge >= 0.3 is 0 Å². The van der Waals surface area contributed by atoms with Crippen molar-refractivity contribution in [3.8, 4) is 0 Å². The third-order valence-electron chi connectivity index (χ3n) is 3.76. The van der Waals surface area contributed by atoms with E-state index in [1.807, 2.05) is 41.1 Å². The molecule has 0 radical (unpaired) electrons. The summed E-state index contributed by atoms with van der Waals surface area (Å²) in [6.45, 7) is 4.79. The standard InChI is InChI=1S/C20H19BrN4/c1-22-11-9-20(24-15-23-14-16-5-3-2-4-6-16)25-12-10-17-7-8-18(21)13-19(17)25/h2-13,23H,1,14-15H2/b11-9-,24-20+. The summed E-state index contributed by atoms with van der Waals surface area (Å²) in [6, 6.07) is 18.5. The van der Waals surface area contributed by atoms with Crippen molar-refractivity contribution in [2.24, 2.45) is 9.98 Å². The molecule has 0 aliphatic carbocycles. The van der Waals surface area contributed by atoms with Crippen molar-refractivity contribution in [1.82, 2.24) is 9.88 Å². The number of hydrogen-bond donors (Lipinski definition) is 1. The average Bonchev–Trinajstić information content (AvgIpc) is 3.05. The third kappa shape index (κ3) is 4.53. The van der Waals surface area contributed by atoms with Gasteiger partial charge in [-0.2, -0.15) is 0 Å². The molecule has 0 saturated carbocycles. The van der Waals surface area contributed by atoms with E-state index >= 15 is 0 Å². The van der Waals surface area contributed by atoms with Crippen LogP contribution in [0.3, 0.4) is 0 Å². The Morgan fingerprint density at radius 2 is 2.00 bits per heavy atom. The molecule has 0 fully saturated rings. The third-order valence-corrected chi connectivity index (χ3v) is 4.25. The Bertz CT molecular complexity index is 910. The van der Waals surface area contributed by atoms with Gasteiger partial charge < -0.3 is 4.57 Å². The van der Waals surface area contributed by atoms with Gasteiger partial charge in [-0.1, -0.05) is 52.3 Å². The lowest BCUT2D eigenvalue weighted by molar-refractivity contribution is 0.709. The van der Waals surface area contributed by atoms with Crippen LogP contribution in [-0.4, -0.2) is 23.8 Å². The Morgan fingerprint density at radius 3 is 2.80 bits per heavy atom. The van der Waals surface area contributed by atoms with Crippen molar-refractivity contribution in [2.45, 2.75) is 6.54 Å². The second-order valence-electron chi connectivity index (χ2n) is 5.47. The number of rotatable bonds is 6. The molecule has 126 valence electrons. The minimum atomic E-state index is 0.513. The van der Waals surface area contributed by atoms with Gasteiger partial charge in [0, 0.05) is 28.8 Å². The second-order valence-corrected chi connectivity index (χ2v) is 6.39. The summed E-state index contributed by atoms with van der Waals surface area (Å²) in [4.78, 5) is 8.48. The summed E-state index contributed by atoms with van der Waals surface area (Å²) in [5.74, 6) is 0.807. The van der Waals surface area contributed by atoms with Crippen LogP contribution in [0.1, 0.15) is 5.56 Å². The molecule has 1 N–H and O–H groups in total. The minimum Gasteiger partial charge on any atom is -0.301 e. The number of aromatic nitrogens is 1. The van der Waals surface area contributed by atoms with Crippen LogP contribution in [0, 0.1) is 0 Å². The van der Waals surface area contributed by atoms with Gasteiger partial charge in [0.1, 0.15) is 5.84 Å². The first kappa shape index (κ1) is 17.3. The maximum atomic E-state index is 4.68. The number of halogens is 1. The number of aliphatic imine (C=N–C) groups is 2. The number of hydrogen-bond acceptors (Lipinski definition) is 3. The SMILES string of the molecule is C=N/C=C\C(=N/CNCc1ccccc1)n1ccc2ccc(Br)cc21. The van der Waals surface area contributed by atoms with E-state index in [2.05, 4.69) is 68.3 Å². The molecule has 1 aromatic heterocycles. The molecule has 0 bridgehead atoms. The van der Waals surface area contributed by atoms with Crippen molar-refractivity contribution < 1.29 is 0 Å². The van der Waals surface area contributed by atoms with Gasteiger partial charge in [0.25, 0.3) is 0 Å². The van der Waals surface area contributed by atoms with Gasteiger partial charge in [0.05, 0.1) is 12.2 Å². The van der Waals surface area contributed by atoms with Crippen molar-refractivity contribution in [1.29, 1.82) is 0 Å². The smallest absolute Gasteiger partial charge is 0.135 e. The fourth-order valence-corrected chi connectivity index (χ4v) is 2.91. The summed E-state index contributed by atoms with van der Waals surface area (Å²) >= 11 is 3.53. The minimum absolute atomic E-state index is 0.513. The van der Waals surface area contributed by atoms with E-state index in [4.69, 9.17) is 0 Å². The fourth-order valence-electron chi connectivity index (χ4n) is 2.56. The van der Waals surface area contributed by atoms with Crippen molar-refractivity contribution in [3.05, 3.63) is 83.1 Å². The van der Waals surface area contributed by atoms with Crippen LogP contribution < -0.4 is 5.32 Å². The molecule has 0 spiro atoms. The fraction of sp³-hybridized carbons (Fsp3) is 0.100. The summed E-state index contributed by atoms with van der Waals surface area (Å²) in [5, 5.41) is 4.50. The zero-order valence-electron chi connectivity index (χ0n) is 13.8. The Balaban J connectivity index is 1.80. The highest BCUT2D eigenvalue weighted by Gasteiger charge is 2.05. The van der Waals surface area contributed by atoms with E-state index in [1.165, 1.54) is 5.56 Å². The molecule has 3 rings (SSSR count). The molecule has 0 aliphatic rings. The van der Waals surface area contributed by atoms with E-state index in [1.54, 1.807) is 6.20 Å². The van der Waals surface area contributed by atoms with Crippen LogP contribution in [0.2, 0.25) is 0 Å². The Morgan fingerprint density at radius 1 is 1.16 bits per heavy atom. The number of fused-ring (bicyclic) bond motifs is 1. The summed E-state index contributed by atoms with van der Waals surface area (Å²) in [6.07, 6.45) is 5.53. The maximum Gasteiger partial charge on any atom is 0.135 e. The molecule has 4 nitrogen and oxygen atoms in total. The van der Waals surface area contributed by atoms with Crippen LogP contribution in [0.25, 0.3) is 10.9 Å². The quantitative estimate of drug-likeness (QED) is 0.370. The Labute approximate surface area is 155 Å². The van der Waals surface area contributed by atoms with Crippen molar-refractivity contribution >= 4 is 39.4 Å². The van der Waals surface area contributed by atoms with E-state index in [0.29, 0.717) is 6.67 Å². The van der Waals surface area contributed by atoms with E-state index in [0.717, 1.165) is 27.8 Å². The molecular weight excluding hydrogens is 376 g/mol. The lowest BCUT2D eigenvalue weighted by Crippen LogP contribution is -2.17. The number of nitrogens with zero attached hydrogens (tertiary/aromatic N) is 3. The number of benzene rings is 2. The summed E-state index contributed by atoms with van der Waals surface area (Å²) in [5.41, 5.74) is 2.32. The van der Waals surface area contributed by atoms with E-state index in [9.17, 15) is 0 Å². The van der Waals surface area contributed by atoms with Gasteiger partial charge in [0.2, 0.25) is 0 Å². The zero-order valence-corrected chi connectivity index (χ0v) is 15.4. The molecule has 0 unspecified atom stereocenters. The van der Waals surface area contributed by atoms with Crippen LogP contribution in [0.4, 0.5) is 0 Å². The summed E-state index contributed by atoms with van der Waals surface area (Å²) < 4.78 is 3.08. The van der Waals surface area contributed by atoms with Crippen molar-refractivity contribution in [2.75, 3.05) is 6.67 Å². The van der Waals surface area contributed by atoms with Crippen LogP contribution in [0.5, 0.6) is 0 Å². The van der Waals surface area contributed by atoms with Gasteiger partial charge in [-0.3, -0.25) is 15.3 Å². The van der Waals surface area contributed by atoms with E-state index in [-0.39, 0.29) is 0 Å². The second kappa shape index (κ2) is 8.55. The molecular formula is C20H19BrN4. The summed E-state index contributed by atoms with van der Waals surface area (Å²) in [7, 11) is 0. The Hall–Kier alpha value is -2.50. The molecule has 1 heterocycles. The van der Waals surface area contributed by atoms with Crippen molar-refractivity contribution in [3.63, 3.8) is 0 Å². The van der Waals surface area contributed by atoms with Gasteiger partial charge in [-0.05, 0) is 36.6 Å². The number of allylic oxidation sites excluding steroid dienone is 1. The lowest BCUT2D eigenvalue weighted by atomic mass is 10.2. The van der Waals surface area contributed by atoms with Crippen LogP contribution >= 0.6 is 15.9 Å². The molecule has 0 amide bonds. The van der Waals surface area contributed by atoms with Crippen LogP contribution in [-0.2, 0) is 6.54 Å². The van der Waals surface area contributed by atoms with Crippen LogP contribution in [0.15, 0.2) is 87.5 Å². The molecule has 0 aliphatic heterocycles. The first-order valence-electron chi connectivity index (χ1n) is 7.96. The first-order chi connectivity index (χ1) is 12.3. The average molecular weight is 395 g/mol. The lowest BCUT2D eigenvalue weighted by Gasteiger charge is -2.07. The molecule has 2 aromatic carbocycles. The van der Waals surface area contributed by atoms with Gasteiger partial charge in [-0.25, -0.2) is 0 Å². The Kier molecular flexibility index (Phi) is 5.93. The topological polar surface area (TPSA) is 41.7 Å². The van der Waals surface area contributed by atoms with Gasteiger partial charge in [0.15, 0.2) is 0 Å². The predicted molar refractivity (Wildman–Crippen MR) is 109 cm³/mol.